The molecule has 0 saturated heterocycles. The Kier molecular flexibility index (Phi) is 3.99. The maximum absolute atomic E-state index is 13.0. The van der Waals surface area contributed by atoms with Crippen LogP contribution >= 0.6 is 11.8 Å². The van der Waals surface area contributed by atoms with Crippen LogP contribution in [0.1, 0.15) is 43.9 Å². The van der Waals surface area contributed by atoms with Gasteiger partial charge < -0.3 is 10.3 Å². The Morgan fingerprint density at radius 3 is 2.73 bits per heavy atom. The molecule has 26 heavy (non-hydrogen) atoms. The zero-order chi connectivity index (χ0) is 18.5. The molecule has 1 atom stereocenters. The molecule has 7 heteroatoms. The summed E-state index contributed by atoms with van der Waals surface area (Å²) in [6, 6.07) is 5.56. The Bertz CT molecular complexity index is 979. The Labute approximate surface area is 155 Å². The first-order valence-corrected chi connectivity index (χ1v) is 9.74. The van der Waals surface area contributed by atoms with Gasteiger partial charge in [-0.15, -0.1) is 0 Å². The van der Waals surface area contributed by atoms with E-state index in [9.17, 15) is 9.59 Å². The topological polar surface area (TPSA) is 87.7 Å². The molecule has 0 fully saturated rings. The quantitative estimate of drug-likeness (QED) is 0.626. The van der Waals surface area contributed by atoms with E-state index in [-0.39, 0.29) is 16.8 Å². The predicted octanol–water partition coefficient (Wildman–Crippen LogP) is 3.09. The van der Waals surface area contributed by atoms with E-state index in [0.717, 1.165) is 12.1 Å². The normalized spacial score (nSPS) is 21.0. The lowest BCUT2D eigenvalue weighted by Gasteiger charge is -2.38. The number of rotatable bonds is 2. The standard InChI is InChI=1S/C19H20N4O2S/c1-19(2)8-11-13(12(24)9-19)14(10-6-4-5-7-20-10)15-16(21-11)22-18(26-3)23-17(15)25/h4-7,14H,8-9H2,1-3H3,(H2,21,22,23,25). The first-order valence-electron chi connectivity index (χ1n) is 8.52. The molecule has 6 nitrogen and oxygen atoms in total. The molecule has 1 unspecified atom stereocenters. The number of aromatic nitrogens is 3. The highest BCUT2D eigenvalue weighted by atomic mass is 32.2. The van der Waals surface area contributed by atoms with Crippen LogP contribution in [0.2, 0.25) is 0 Å². The monoisotopic (exact) mass is 368 g/mol. The molecule has 0 amide bonds. The van der Waals surface area contributed by atoms with Crippen LogP contribution in [0.4, 0.5) is 5.82 Å². The number of carbonyl (C=O) groups is 1. The van der Waals surface area contributed by atoms with Gasteiger partial charge in [-0.05, 0) is 30.2 Å². The summed E-state index contributed by atoms with van der Waals surface area (Å²) >= 11 is 1.38. The van der Waals surface area contributed by atoms with Crippen molar-refractivity contribution in [3.05, 3.63) is 57.3 Å². The van der Waals surface area contributed by atoms with Gasteiger partial charge in [-0.3, -0.25) is 14.6 Å². The highest BCUT2D eigenvalue weighted by Gasteiger charge is 2.42. The Morgan fingerprint density at radius 2 is 2.04 bits per heavy atom. The molecule has 134 valence electrons. The molecule has 0 saturated carbocycles. The minimum absolute atomic E-state index is 0.0680. The fraction of sp³-hybridized carbons (Fsp3) is 0.368. The van der Waals surface area contributed by atoms with Crippen LogP contribution in [0.3, 0.4) is 0 Å². The summed E-state index contributed by atoms with van der Waals surface area (Å²) in [5, 5.41) is 3.83. The van der Waals surface area contributed by atoms with E-state index >= 15 is 0 Å². The maximum Gasteiger partial charge on any atom is 0.257 e. The lowest BCUT2D eigenvalue weighted by molar-refractivity contribution is -0.118. The van der Waals surface area contributed by atoms with E-state index in [1.165, 1.54) is 11.8 Å². The van der Waals surface area contributed by atoms with Crippen LogP contribution in [0, 0.1) is 5.41 Å². The third-order valence-electron chi connectivity index (χ3n) is 4.88. The first-order chi connectivity index (χ1) is 12.4. The van der Waals surface area contributed by atoms with E-state index in [1.807, 2.05) is 24.5 Å². The minimum Gasteiger partial charge on any atom is -0.343 e. The highest BCUT2D eigenvalue weighted by molar-refractivity contribution is 7.98. The number of carbonyl (C=O) groups excluding carboxylic acids is 1. The lowest BCUT2D eigenvalue weighted by atomic mass is 9.70. The summed E-state index contributed by atoms with van der Waals surface area (Å²) in [4.78, 5) is 37.6. The van der Waals surface area contributed by atoms with Crippen molar-refractivity contribution in [2.24, 2.45) is 5.41 Å². The highest BCUT2D eigenvalue weighted by Crippen LogP contribution is 2.47. The number of hydrogen-bond donors (Lipinski definition) is 2. The molecular formula is C19H20N4O2S. The third-order valence-corrected chi connectivity index (χ3v) is 5.46. The van der Waals surface area contributed by atoms with E-state index in [4.69, 9.17) is 0 Å². The lowest BCUT2D eigenvalue weighted by Crippen LogP contribution is -2.37. The van der Waals surface area contributed by atoms with Crippen LogP contribution in [-0.2, 0) is 4.79 Å². The molecule has 0 bridgehead atoms. The SMILES string of the molecule is CSc1nc2c(c(=O)[nH]1)C(c1ccccn1)C1=C(CC(C)(C)CC1=O)N2. The van der Waals surface area contributed by atoms with E-state index in [0.29, 0.717) is 34.2 Å². The van der Waals surface area contributed by atoms with Gasteiger partial charge in [0, 0.05) is 23.9 Å². The summed E-state index contributed by atoms with van der Waals surface area (Å²) in [6.45, 7) is 4.17. The van der Waals surface area contributed by atoms with Crippen molar-refractivity contribution in [3.8, 4) is 0 Å². The second-order valence-electron chi connectivity index (χ2n) is 7.48. The summed E-state index contributed by atoms with van der Waals surface area (Å²) in [5.41, 5.74) is 2.32. The second kappa shape index (κ2) is 6.09. The van der Waals surface area contributed by atoms with Crippen LogP contribution in [0.15, 0.2) is 45.6 Å². The van der Waals surface area contributed by atoms with Gasteiger partial charge in [0.25, 0.3) is 5.56 Å². The Hall–Kier alpha value is -2.41. The molecule has 2 aromatic heterocycles. The summed E-state index contributed by atoms with van der Waals surface area (Å²) < 4.78 is 0. The van der Waals surface area contributed by atoms with Gasteiger partial charge in [0.1, 0.15) is 5.82 Å². The van der Waals surface area contributed by atoms with Gasteiger partial charge >= 0.3 is 0 Å². The van der Waals surface area contributed by atoms with Gasteiger partial charge in [-0.2, -0.15) is 0 Å². The minimum atomic E-state index is -0.488. The molecule has 1 aliphatic carbocycles. The number of nitrogens with one attached hydrogen (secondary N) is 2. The van der Waals surface area contributed by atoms with Gasteiger partial charge in [-0.1, -0.05) is 31.7 Å². The first kappa shape index (κ1) is 17.0. The number of Topliss-reactive ketones (excluding diaryl/α,β-unsaturated/α-hetero) is 1. The zero-order valence-corrected chi connectivity index (χ0v) is 15.7. The molecule has 0 radical (unpaired) electrons. The maximum atomic E-state index is 13.0. The van der Waals surface area contributed by atoms with Crippen LogP contribution in [0.5, 0.6) is 0 Å². The number of pyridine rings is 1. The van der Waals surface area contributed by atoms with Gasteiger partial charge in [0.2, 0.25) is 0 Å². The van der Waals surface area contributed by atoms with Crippen LogP contribution in [0.25, 0.3) is 0 Å². The van der Waals surface area contributed by atoms with Crippen LogP contribution < -0.4 is 10.9 Å². The fourth-order valence-electron chi connectivity index (χ4n) is 3.83. The van der Waals surface area contributed by atoms with Crippen molar-refractivity contribution in [2.75, 3.05) is 11.6 Å². The summed E-state index contributed by atoms with van der Waals surface area (Å²) in [7, 11) is 0. The van der Waals surface area contributed by atoms with Crippen LogP contribution in [-0.4, -0.2) is 27.0 Å². The van der Waals surface area contributed by atoms with Crippen molar-refractivity contribution in [1.82, 2.24) is 15.0 Å². The smallest absolute Gasteiger partial charge is 0.257 e. The number of aromatic amines is 1. The Balaban J connectivity index is 1.98. The van der Waals surface area contributed by atoms with Crippen molar-refractivity contribution in [2.45, 2.75) is 37.8 Å². The molecule has 0 aromatic carbocycles. The largest absolute Gasteiger partial charge is 0.343 e. The molecule has 0 spiro atoms. The van der Waals surface area contributed by atoms with Crippen molar-refractivity contribution >= 4 is 23.4 Å². The number of anilines is 1. The molecular weight excluding hydrogens is 348 g/mol. The molecule has 4 rings (SSSR count). The Morgan fingerprint density at radius 1 is 1.23 bits per heavy atom. The molecule has 2 N–H and O–H groups in total. The summed E-state index contributed by atoms with van der Waals surface area (Å²) in [5.74, 6) is 0.106. The predicted molar refractivity (Wildman–Crippen MR) is 101 cm³/mol. The number of nitrogens with zero attached hydrogens (tertiary/aromatic N) is 2. The zero-order valence-electron chi connectivity index (χ0n) is 14.9. The molecule has 2 aromatic rings. The number of ketones is 1. The average molecular weight is 368 g/mol. The second-order valence-corrected chi connectivity index (χ2v) is 8.28. The van der Waals surface area contributed by atoms with E-state index in [1.54, 1.807) is 6.20 Å². The van der Waals surface area contributed by atoms with Gasteiger partial charge in [0.05, 0.1) is 17.2 Å². The number of allylic oxidation sites excluding steroid dienone is 2. The van der Waals surface area contributed by atoms with E-state index in [2.05, 4.69) is 34.1 Å². The van der Waals surface area contributed by atoms with Gasteiger partial charge in [-0.25, -0.2) is 4.98 Å². The average Bonchev–Trinajstić information content (AvgIpc) is 2.59. The number of hydrogen-bond acceptors (Lipinski definition) is 6. The van der Waals surface area contributed by atoms with E-state index < -0.39 is 5.92 Å². The molecule has 1 aliphatic heterocycles. The fourth-order valence-corrected chi connectivity index (χ4v) is 4.21. The number of fused-ring (bicyclic) bond motifs is 1. The molecule has 3 heterocycles. The molecule has 2 aliphatic rings. The third kappa shape index (κ3) is 2.76. The van der Waals surface area contributed by atoms with Crippen molar-refractivity contribution in [1.29, 1.82) is 0 Å². The number of thioether (sulfide) groups is 1. The number of H-pyrrole nitrogens is 1. The van der Waals surface area contributed by atoms with Crippen molar-refractivity contribution < 1.29 is 4.79 Å². The van der Waals surface area contributed by atoms with Gasteiger partial charge in [0.15, 0.2) is 10.9 Å². The summed E-state index contributed by atoms with van der Waals surface area (Å²) in [6.07, 6.45) is 4.74. The van der Waals surface area contributed by atoms with Crippen molar-refractivity contribution in [3.63, 3.8) is 0 Å².